The molecule has 1 saturated heterocycles. The minimum absolute atomic E-state index is 0.0346. The Morgan fingerprint density at radius 1 is 1.35 bits per heavy atom. The number of hydrogen-bond acceptors (Lipinski definition) is 3. The van der Waals surface area contributed by atoms with E-state index in [-0.39, 0.29) is 31.3 Å². The fraction of sp³-hybridized carbons (Fsp3) is 0.357. The Hall–Kier alpha value is -2.37. The topological polar surface area (TPSA) is 86.7 Å². The third-order valence-corrected chi connectivity index (χ3v) is 3.23. The average molecular weight is 276 g/mol. The van der Waals surface area contributed by atoms with Crippen LogP contribution in [-0.4, -0.2) is 40.9 Å². The standard InChI is InChI=1S/C14H16N2O4/c1-9-2-4-11(5-3-9)15-12(17)8-16-7-10(14(19)20)6-13(16)18/h2-5,10H,6-8H2,1H3,(H,15,17)(H,19,20). The lowest BCUT2D eigenvalue weighted by Crippen LogP contribution is -2.34. The lowest BCUT2D eigenvalue weighted by molar-refractivity contribution is -0.141. The Bertz CT molecular complexity index is 539. The Morgan fingerprint density at radius 2 is 2.00 bits per heavy atom. The number of benzene rings is 1. The van der Waals surface area contributed by atoms with Crippen molar-refractivity contribution < 1.29 is 19.5 Å². The summed E-state index contributed by atoms with van der Waals surface area (Å²) in [6, 6.07) is 7.30. The van der Waals surface area contributed by atoms with Crippen LogP contribution in [0.3, 0.4) is 0 Å². The van der Waals surface area contributed by atoms with Crippen molar-refractivity contribution in [2.24, 2.45) is 5.92 Å². The number of aryl methyl sites for hydroxylation is 1. The lowest BCUT2D eigenvalue weighted by Gasteiger charge is -2.15. The van der Waals surface area contributed by atoms with Crippen LogP contribution in [0.25, 0.3) is 0 Å². The highest BCUT2D eigenvalue weighted by atomic mass is 16.4. The maximum absolute atomic E-state index is 11.8. The van der Waals surface area contributed by atoms with Crippen LogP contribution in [0.1, 0.15) is 12.0 Å². The first-order valence-corrected chi connectivity index (χ1v) is 6.33. The second-order valence-corrected chi connectivity index (χ2v) is 4.93. The number of rotatable bonds is 4. The van der Waals surface area contributed by atoms with E-state index in [2.05, 4.69) is 5.32 Å². The monoisotopic (exact) mass is 276 g/mol. The van der Waals surface area contributed by atoms with Crippen LogP contribution in [0.4, 0.5) is 5.69 Å². The zero-order chi connectivity index (χ0) is 14.7. The number of carbonyl (C=O) groups excluding carboxylic acids is 2. The predicted octanol–water partition coefficient (Wildman–Crippen LogP) is 0.867. The molecule has 1 aromatic rings. The van der Waals surface area contributed by atoms with E-state index in [9.17, 15) is 14.4 Å². The largest absolute Gasteiger partial charge is 0.481 e. The zero-order valence-electron chi connectivity index (χ0n) is 11.1. The molecule has 1 aliphatic rings. The van der Waals surface area contributed by atoms with Crippen LogP contribution in [0.5, 0.6) is 0 Å². The van der Waals surface area contributed by atoms with Crippen LogP contribution in [0.15, 0.2) is 24.3 Å². The number of nitrogens with zero attached hydrogens (tertiary/aromatic N) is 1. The summed E-state index contributed by atoms with van der Waals surface area (Å²) in [6.45, 7) is 1.92. The van der Waals surface area contributed by atoms with Crippen LogP contribution >= 0.6 is 0 Å². The van der Waals surface area contributed by atoms with E-state index >= 15 is 0 Å². The lowest BCUT2D eigenvalue weighted by atomic mass is 10.1. The van der Waals surface area contributed by atoms with Crippen LogP contribution in [0, 0.1) is 12.8 Å². The van der Waals surface area contributed by atoms with Crippen LogP contribution < -0.4 is 5.32 Å². The normalized spacial score (nSPS) is 18.1. The molecule has 2 rings (SSSR count). The molecule has 0 saturated carbocycles. The highest BCUT2D eigenvalue weighted by Crippen LogP contribution is 2.17. The van der Waals surface area contributed by atoms with Gasteiger partial charge in [0, 0.05) is 18.7 Å². The predicted molar refractivity (Wildman–Crippen MR) is 72.1 cm³/mol. The summed E-state index contributed by atoms with van der Waals surface area (Å²) >= 11 is 0. The van der Waals surface area contributed by atoms with Crippen molar-refractivity contribution in [1.82, 2.24) is 4.90 Å². The summed E-state index contributed by atoms with van der Waals surface area (Å²) in [5.41, 5.74) is 1.74. The van der Waals surface area contributed by atoms with Crippen molar-refractivity contribution in [3.8, 4) is 0 Å². The van der Waals surface area contributed by atoms with Gasteiger partial charge < -0.3 is 15.3 Å². The SMILES string of the molecule is Cc1ccc(NC(=O)CN2CC(C(=O)O)CC2=O)cc1. The molecule has 20 heavy (non-hydrogen) atoms. The first-order valence-electron chi connectivity index (χ1n) is 6.33. The van der Waals surface area contributed by atoms with Crippen LogP contribution in [0.2, 0.25) is 0 Å². The number of hydrogen-bond donors (Lipinski definition) is 2. The van der Waals surface area contributed by atoms with Gasteiger partial charge in [0.1, 0.15) is 0 Å². The number of carboxylic acid groups (broad SMARTS) is 1. The van der Waals surface area contributed by atoms with E-state index in [4.69, 9.17) is 5.11 Å². The van der Waals surface area contributed by atoms with Gasteiger partial charge in [-0.25, -0.2) is 0 Å². The molecule has 2 amide bonds. The van der Waals surface area contributed by atoms with Gasteiger partial charge in [-0.1, -0.05) is 17.7 Å². The number of anilines is 1. The highest BCUT2D eigenvalue weighted by molar-refractivity contribution is 5.95. The Kier molecular flexibility index (Phi) is 4.02. The van der Waals surface area contributed by atoms with Gasteiger partial charge in [-0.2, -0.15) is 0 Å². The van der Waals surface area contributed by atoms with Crippen molar-refractivity contribution in [3.05, 3.63) is 29.8 Å². The van der Waals surface area contributed by atoms with Crippen molar-refractivity contribution in [2.75, 3.05) is 18.4 Å². The van der Waals surface area contributed by atoms with Gasteiger partial charge in [-0.15, -0.1) is 0 Å². The minimum atomic E-state index is -1.00. The Labute approximate surface area is 116 Å². The number of carbonyl (C=O) groups is 3. The maximum atomic E-state index is 11.8. The third-order valence-electron chi connectivity index (χ3n) is 3.23. The van der Waals surface area contributed by atoms with Gasteiger partial charge >= 0.3 is 5.97 Å². The van der Waals surface area contributed by atoms with Gasteiger partial charge in [0.25, 0.3) is 0 Å². The van der Waals surface area contributed by atoms with E-state index in [0.29, 0.717) is 5.69 Å². The minimum Gasteiger partial charge on any atom is -0.481 e. The summed E-state index contributed by atoms with van der Waals surface area (Å²) in [4.78, 5) is 35.5. The molecule has 1 unspecified atom stereocenters. The van der Waals surface area contributed by atoms with Gasteiger partial charge in [-0.05, 0) is 19.1 Å². The first-order chi connectivity index (χ1) is 9.45. The van der Waals surface area contributed by atoms with Gasteiger partial charge in [0.2, 0.25) is 11.8 Å². The smallest absolute Gasteiger partial charge is 0.308 e. The summed E-state index contributed by atoms with van der Waals surface area (Å²) in [5, 5.41) is 11.5. The van der Waals surface area contributed by atoms with E-state index in [1.165, 1.54) is 4.90 Å². The van der Waals surface area contributed by atoms with Gasteiger partial charge in [-0.3, -0.25) is 14.4 Å². The molecule has 1 aliphatic heterocycles. The van der Waals surface area contributed by atoms with Crippen molar-refractivity contribution in [3.63, 3.8) is 0 Å². The number of likely N-dealkylation sites (tertiary alicyclic amines) is 1. The Morgan fingerprint density at radius 3 is 2.55 bits per heavy atom. The van der Waals surface area contributed by atoms with E-state index in [0.717, 1.165) is 5.56 Å². The molecule has 1 heterocycles. The summed E-state index contributed by atoms with van der Waals surface area (Å²) in [6.07, 6.45) is -0.0346. The molecule has 0 radical (unpaired) electrons. The second-order valence-electron chi connectivity index (χ2n) is 4.93. The van der Waals surface area contributed by atoms with E-state index in [1.54, 1.807) is 12.1 Å². The molecular weight excluding hydrogens is 260 g/mol. The average Bonchev–Trinajstić information content (AvgIpc) is 2.74. The van der Waals surface area contributed by atoms with Gasteiger partial charge in [0.05, 0.1) is 12.5 Å². The number of aliphatic carboxylic acids is 1. The summed E-state index contributed by atoms with van der Waals surface area (Å²) < 4.78 is 0. The molecule has 106 valence electrons. The molecule has 6 nitrogen and oxygen atoms in total. The Balaban J connectivity index is 1.90. The molecule has 2 N–H and O–H groups in total. The molecular formula is C14H16N2O4. The summed E-state index contributed by atoms with van der Waals surface area (Å²) in [5.74, 6) is -2.33. The van der Waals surface area contributed by atoms with Crippen molar-refractivity contribution >= 4 is 23.5 Å². The molecule has 0 aliphatic carbocycles. The molecule has 0 bridgehead atoms. The van der Waals surface area contributed by atoms with Crippen LogP contribution in [-0.2, 0) is 14.4 Å². The van der Waals surface area contributed by atoms with Crippen molar-refractivity contribution in [1.29, 1.82) is 0 Å². The van der Waals surface area contributed by atoms with E-state index in [1.807, 2.05) is 19.1 Å². The molecule has 1 fully saturated rings. The first kappa shape index (κ1) is 14.0. The fourth-order valence-electron chi connectivity index (χ4n) is 2.10. The second kappa shape index (κ2) is 5.73. The number of carboxylic acids is 1. The molecule has 1 aromatic carbocycles. The fourth-order valence-corrected chi connectivity index (χ4v) is 2.10. The molecule has 0 aromatic heterocycles. The number of nitrogens with one attached hydrogen (secondary N) is 1. The third kappa shape index (κ3) is 3.34. The zero-order valence-corrected chi connectivity index (χ0v) is 11.1. The molecule has 6 heteroatoms. The molecule has 1 atom stereocenters. The van der Waals surface area contributed by atoms with Gasteiger partial charge in [0.15, 0.2) is 0 Å². The quantitative estimate of drug-likeness (QED) is 0.854. The number of amides is 2. The maximum Gasteiger partial charge on any atom is 0.308 e. The highest BCUT2D eigenvalue weighted by Gasteiger charge is 2.34. The van der Waals surface area contributed by atoms with Crippen molar-refractivity contribution in [2.45, 2.75) is 13.3 Å². The molecule has 0 spiro atoms. The summed E-state index contributed by atoms with van der Waals surface area (Å²) in [7, 11) is 0. The van der Waals surface area contributed by atoms with E-state index < -0.39 is 11.9 Å².